The molecule has 0 saturated heterocycles. The molecule has 0 aromatic heterocycles. The summed E-state index contributed by atoms with van der Waals surface area (Å²) in [5.41, 5.74) is 0. The quantitative estimate of drug-likeness (QED) is 0.332. The van der Waals surface area contributed by atoms with E-state index in [1.807, 2.05) is 0 Å². The van der Waals surface area contributed by atoms with Crippen molar-refractivity contribution in [2.75, 3.05) is 0 Å². The van der Waals surface area contributed by atoms with Crippen LogP contribution in [0.15, 0.2) is 12.2 Å². The molecule has 1 saturated carbocycles. The van der Waals surface area contributed by atoms with E-state index in [2.05, 4.69) is 13.0 Å². The number of hydrogen-bond donors (Lipinski definition) is 0. The summed E-state index contributed by atoms with van der Waals surface area (Å²) in [7, 11) is 0. The Bertz CT molecular complexity index is 214. The highest BCUT2D eigenvalue weighted by atomic mass is 16.1. The van der Waals surface area contributed by atoms with Gasteiger partial charge in [0.1, 0.15) is 6.29 Å². The van der Waals surface area contributed by atoms with E-state index in [0.29, 0.717) is 0 Å². The molecule has 0 bridgehead atoms. The minimum absolute atomic E-state index is 0.832. The molecule has 1 rings (SSSR count). The van der Waals surface area contributed by atoms with Gasteiger partial charge in [-0.25, -0.2) is 0 Å². The van der Waals surface area contributed by atoms with E-state index >= 15 is 0 Å². The molecular weight excluding hydrogens is 208 g/mol. The first kappa shape index (κ1) is 14.5. The molecule has 0 aromatic carbocycles. The largest absolute Gasteiger partial charge is 0.299 e. The standard InChI is InChI=1S/C16H28O/c1-2-3-5-10-15(13-8-9-14-17)16-11-6-4-7-12-16/h8-9,14-16H,2-7,10-13H2,1H3. The summed E-state index contributed by atoms with van der Waals surface area (Å²) in [6, 6.07) is 0. The van der Waals surface area contributed by atoms with Crippen LogP contribution in [-0.4, -0.2) is 6.29 Å². The van der Waals surface area contributed by atoms with Crippen molar-refractivity contribution in [3.8, 4) is 0 Å². The van der Waals surface area contributed by atoms with Gasteiger partial charge in [0.2, 0.25) is 0 Å². The summed E-state index contributed by atoms with van der Waals surface area (Å²) < 4.78 is 0. The zero-order valence-electron chi connectivity index (χ0n) is 11.4. The average molecular weight is 236 g/mol. The highest BCUT2D eigenvalue weighted by Crippen LogP contribution is 2.34. The van der Waals surface area contributed by atoms with Gasteiger partial charge in [-0.15, -0.1) is 0 Å². The van der Waals surface area contributed by atoms with E-state index < -0.39 is 0 Å². The molecule has 0 N–H and O–H groups in total. The van der Waals surface area contributed by atoms with E-state index in [-0.39, 0.29) is 0 Å². The molecular formula is C16H28O. The number of rotatable bonds is 8. The first-order valence-corrected chi connectivity index (χ1v) is 7.48. The van der Waals surface area contributed by atoms with Gasteiger partial charge in [-0.1, -0.05) is 64.4 Å². The summed E-state index contributed by atoms with van der Waals surface area (Å²) in [6.07, 6.45) is 18.3. The van der Waals surface area contributed by atoms with Crippen LogP contribution in [0.1, 0.15) is 71.1 Å². The summed E-state index contributed by atoms with van der Waals surface area (Å²) in [5, 5.41) is 0. The molecule has 17 heavy (non-hydrogen) atoms. The maximum Gasteiger partial charge on any atom is 0.142 e. The van der Waals surface area contributed by atoms with Crippen molar-refractivity contribution in [2.24, 2.45) is 11.8 Å². The number of aldehydes is 1. The molecule has 1 atom stereocenters. The second-order valence-corrected chi connectivity index (χ2v) is 5.45. The highest BCUT2D eigenvalue weighted by molar-refractivity contribution is 5.64. The molecule has 0 spiro atoms. The lowest BCUT2D eigenvalue weighted by atomic mass is 9.76. The monoisotopic (exact) mass is 236 g/mol. The third kappa shape index (κ3) is 6.05. The van der Waals surface area contributed by atoms with Crippen LogP contribution in [0.4, 0.5) is 0 Å². The average Bonchev–Trinajstić information content (AvgIpc) is 2.38. The third-order valence-corrected chi connectivity index (χ3v) is 4.15. The fourth-order valence-corrected chi connectivity index (χ4v) is 3.12. The van der Waals surface area contributed by atoms with Gasteiger partial charge in [-0.2, -0.15) is 0 Å². The fourth-order valence-electron chi connectivity index (χ4n) is 3.12. The molecule has 0 aromatic rings. The smallest absolute Gasteiger partial charge is 0.142 e. The lowest BCUT2D eigenvalue weighted by Crippen LogP contribution is -2.17. The molecule has 0 radical (unpaired) electrons. The van der Waals surface area contributed by atoms with Crippen LogP contribution in [0.5, 0.6) is 0 Å². The minimum Gasteiger partial charge on any atom is -0.299 e. The van der Waals surface area contributed by atoms with E-state index in [9.17, 15) is 4.79 Å². The topological polar surface area (TPSA) is 17.1 Å². The van der Waals surface area contributed by atoms with Crippen LogP contribution in [0.25, 0.3) is 0 Å². The van der Waals surface area contributed by atoms with Gasteiger partial charge in [0, 0.05) is 0 Å². The SMILES string of the molecule is CCCCCC(CC=CC=O)C1CCCCC1. The van der Waals surface area contributed by atoms with Crippen molar-refractivity contribution >= 4 is 6.29 Å². The van der Waals surface area contributed by atoms with Crippen molar-refractivity contribution in [1.29, 1.82) is 0 Å². The fraction of sp³-hybridized carbons (Fsp3) is 0.812. The number of allylic oxidation sites excluding steroid dienone is 2. The first-order chi connectivity index (χ1) is 8.38. The molecule has 98 valence electrons. The lowest BCUT2D eigenvalue weighted by Gasteiger charge is -2.29. The zero-order valence-corrected chi connectivity index (χ0v) is 11.4. The summed E-state index contributed by atoms with van der Waals surface area (Å²) in [4.78, 5) is 10.3. The van der Waals surface area contributed by atoms with Gasteiger partial charge in [0.25, 0.3) is 0 Å². The molecule has 0 aliphatic heterocycles. The maximum atomic E-state index is 10.3. The Kier molecular flexibility index (Phi) is 8.04. The van der Waals surface area contributed by atoms with Gasteiger partial charge >= 0.3 is 0 Å². The Hall–Kier alpha value is -0.590. The Balaban J connectivity index is 2.38. The van der Waals surface area contributed by atoms with E-state index in [1.165, 1.54) is 57.8 Å². The normalized spacial score (nSPS) is 19.6. The first-order valence-electron chi connectivity index (χ1n) is 7.48. The number of hydrogen-bond acceptors (Lipinski definition) is 1. The minimum atomic E-state index is 0.832. The number of carbonyl (C=O) groups is 1. The summed E-state index contributed by atoms with van der Waals surface area (Å²) >= 11 is 0. The van der Waals surface area contributed by atoms with Gasteiger partial charge in [0.15, 0.2) is 0 Å². The van der Waals surface area contributed by atoms with Gasteiger partial charge in [0.05, 0.1) is 0 Å². The number of unbranched alkanes of at least 4 members (excludes halogenated alkanes) is 2. The van der Waals surface area contributed by atoms with Crippen molar-refractivity contribution in [3.63, 3.8) is 0 Å². The molecule has 1 heteroatoms. The van der Waals surface area contributed by atoms with Crippen LogP contribution >= 0.6 is 0 Å². The van der Waals surface area contributed by atoms with Gasteiger partial charge in [-0.3, -0.25) is 4.79 Å². The predicted molar refractivity (Wildman–Crippen MR) is 74.0 cm³/mol. The highest BCUT2D eigenvalue weighted by Gasteiger charge is 2.22. The van der Waals surface area contributed by atoms with E-state index in [0.717, 1.165) is 24.5 Å². The summed E-state index contributed by atoms with van der Waals surface area (Å²) in [5.74, 6) is 1.76. The van der Waals surface area contributed by atoms with Crippen molar-refractivity contribution < 1.29 is 4.79 Å². The van der Waals surface area contributed by atoms with Gasteiger partial charge < -0.3 is 0 Å². The van der Waals surface area contributed by atoms with Crippen molar-refractivity contribution in [1.82, 2.24) is 0 Å². The second-order valence-electron chi connectivity index (χ2n) is 5.45. The maximum absolute atomic E-state index is 10.3. The second kappa shape index (κ2) is 9.44. The predicted octanol–water partition coefficient (Wildman–Crippen LogP) is 4.91. The Morgan fingerprint density at radius 1 is 1.18 bits per heavy atom. The van der Waals surface area contributed by atoms with Crippen LogP contribution in [0.3, 0.4) is 0 Å². The summed E-state index contributed by atoms with van der Waals surface area (Å²) in [6.45, 7) is 2.27. The van der Waals surface area contributed by atoms with Crippen LogP contribution in [-0.2, 0) is 4.79 Å². The van der Waals surface area contributed by atoms with Gasteiger partial charge in [-0.05, 0) is 30.8 Å². The molecule has 0 amide bonds. The molecule has 1 fully saturated rings. The van der Waals surface area contributed by atoms with E-state index in [1.54, 1.807) is 6.08 Å². The Morgan fingerprint density at radius 3 is 2.59 bits per heavy atom. The van der Waals surface area contributed by atoms with Crippen molar-refractivity contribution in [2.45, 2.75) is 71.1 Å². The van der Waals surface area contributed by atoms with Crippen molar-refractivity contribution in [3.05, 3.63) is 12.2 Å². The molecule has 1 aliphatic carbocycles. The van der Waals surface area contributed by atoms with Crippen LogP contribution in [0.2, 0.25) is 0 Å². The third-order valence-electron chi connectivity index (χ3n) is 4.15. The van der Waals surface area contributed by atoms with E-state index in [4.69, 9.17) is 0 Å². The molecule has 1 nitrogen and oxygen atoms in total. The Morgan fingerprint density at radius 2 is 1.94 bits per heavy atom. The Labute approximate surface area is 107 Å². The molecule has 0 heterocycles. The molecule has 1 aliphatic rings. The van der Waals surface area contributed by atoms with Crippen LogP contribution < -0.4 is 0 Å². The van der Waals surface area contributed by atoms with Crippen LogP contribution in [0, 0.1) is 11.8 Å². The zero-order chi connectivity index (χ0) is 12.3. The molecule has 1 unspecified atom stereocenters. The number of carbonyl (C=O) groups excluding carboxylic acids is 1. The lowest BCUT2D eigenvalue weighted by molar-refractivity contribution is -0.104.